The van der Waals surface area contributed by atoms with Crippen LogP contribution in [0.5, 0.6) is 0 Å². The van der Waals surface area contributed by atoms with Gasteiger partial charge in [0.15, 0.2) is 0 Å². The van der Waals surface area contributed by atoms with Gasteiger partial charge in [-0.15, -0.1) is 0 Å². The molecule has 2 aliphatic carbocycles. The summed E-state index contributed by atoms with van der Waals surface area (Å²) in [4.78, 5) is 0. The molecule has 1 fully saturated rings. The van der Waals surface area contributed by atoms with E-state index in [1.807, 2.05) is 0 Å². The van der Waals surface area contributed by atoms with E-state index < -0.39 is 0 Å². The summed E-state index contributed by atoms with van der Waals surface area (Å²) < 4.78 is 0. The number of nitrogens with one attached hydrogen (secondary N) is 1. The first kappa shape index (κ1) is 15.1. The molecule has 0 heterocycles. The van der Waals surface area contributed by atoms with Crippen molar-refractivity contribution in [3.63, 3.8) is 0 Å². The molecule has 1 nitrogen and oxygen atoms in total. The molecule has 2 rings (SSSR count). The molecule has 0 radical (unpaired) electrons. The van der Waals surface area contributed by atoms with Gasteiger partial charge in [0.05, 0.1) is 0 Å². The third-order valence-corrected chi connectivity index (χ3v) is 5.26. The lowest BCUT2D eigenvalue weighted by Crippen LogP contribution is -2.31. The fraction of sp³-hybridized carbons (Fsp3) is 0.889. The van der Waals surface area contributed by atoms with E-state index in [1.54, 1.807) is 5.57 Å². The Morgan fingerprint density at radius 1 is 1.16 bits per heavy atom. The van der Waals surface area contributed by atoms with Crippen LogP contribution in [0.3, 0.4) is 0 Å². The fourth-order valence-electron chi connectivity index (χ4n) is 3.75. The van der Waals surface area contributed by atoms with E-state index in [-0.39, 0.29) is 0 Å². The number of rotatable bonds is 5. The fourth-order valence-corrected chi connectivity index (χ4v) is 3.75. The zero-order chi connectivity index (χ0) is 13.7. The quantitative estimate of drug-likeness (QED) is 0.548. The lowest BCUT2D eigenvalue weighted by Gasteiger charge is -2.37. The molecule has 110 valence electrons. The first-order valence-electron chi connectivity index (χ1n) is 8.44. The molecule has 19 heavy (non-hydrogen) atoms. The molecule has 0 amide bonds. The monoisotopic (exact) mass is 263 g/mol. The maximum Gasteiger partial charge on any atom is -0.00115 e. The Balaban J connectivity index is 1.56. The predicted molar refractivity (Wildman–Crippen MR) is 84.3 cm³/mol. The predicted octanol–water partition coefficient (Wildman–Crippen LogP) is 4.93. The second-order valence-corrected chi connectivity index (χ2v) is 7.79. The summed E-state index contributed by atoms with van der Waals surface area (Å²) in [6.07, 6.45) is 13.6. The van der Waals surface area contributed by atoms with Crippen LogP contribution in [0.25, 0.3) is 0 Å². The number of hydrogen-bond acceptors (Lipinski definition) is 1. The van der Waals surface area contributed by atoms with Gasteiger partial charge < -0.3 is 5.32 Å². The molecule has 1 saturated carbocycles. The van der Waals surface area contributed by atoms with Gasteiger partial charge in [0, 0.05) is 0 Å². The third kappa shape index (κ3) is 4.95. The van der Waals surface area contributed by atoms with E-state index in [2.05, 4.69) is 32.2 Å². The van der Waals surface area contributed by atoms with Crippen LogP contribution in [0.1, 0.15) is 72.1 Å². The van der Waals surface area contributed by atoms with Crippen molar-refractivity contribution in [1.29, 1.82) is 0 Å². The number of allylic oxidation sites excluding steroid dienone is 1. The smallest absolute Gasteiger partial charge is 0.00115 e. The maximum atomic E-state index is 3.69. The van der Waals surface area contributed by atoms with Crippen LogP contribution in [0.15, 0.2) is 11.6 Å². The van der Waals surface area contributed by atoms with Gasteiger partial charge in [-0.05, 0) is 81.7 Å². The lowest BCUT2D eigenvalue weighted by atomic mass is 9.70. The molecule has 0 aromatic heterocycles. The molecule has 1 N–H and O–H groups in total. The Hall–Kier alpha value is -0.300. The van der Waals surface area contributed by atoms with Crippen LogP contribution in [0.2, 0.25) is 0 Å². The van der Waals surface area contributed by atoms with E-state index >= 15 is 0 Å². The zero-order valence-corrected chi connectivity index (χ0v) is 13.3. The molecule has 0 bridgehead atoms. The zero-order valence-electron chi connectivity index (χ0n) is 13.3. The molecular formula is C18H33N. The van der Waals surface area contributed by atoms with E-state index in [1.165, 1.54) is 64.5 Å². The lowest BCUT2D eigenvalue weighted by molar-refractivity contribution is 0.149. The Morgan fingerprint density at radius 3 is 2.47 bits per heavy atom. The van der Waals surface area contributed by atoms with Crippen molar-refractivity contribution in [2.24, 2.45) is 17.3 Å². The van der Waals surface area contributed by atoms with E-state index in [9.17, 15) is 0 Å². The van der Waals surface area contributed by atoms with Crippen molar-refractivity contribution in [3.8, 4) is 0 Å². The van der Waals surface area contributed by atoms with Gasteiger partial charge >= 0.3 is 0 Å². The average Bonchev–Trinajstić information content (AvgIpc) is 2.87. The summed E-state index contributed by atoms with van der Waals surface area (Å²) in [5.41, 5.74) is 2.22. The number of hydrogen-bond donors (Lipinski definition) is 1. The minimum absolute atomic E-state index is 0.521. The van der Waals surface area contributed by atoms with Gasteiger partial charge in [-0.2, -0.15) is 0 Å². The molecule has 0 saturated heterocycles. The van der Waals surface area contributed by atoms with E-state index in [0.29, 0.717) is 5.41 Å². The average molecular weight is 263 g/mol. The molecule has 2 aliphatic rings. The minimum Gasteiger partial charge on any atom is -0.316 e. The highest BCUT2D eigenvalue weighted by Crippen LogP contribution is 2.39. The minimum atomic E-state index is 0.521. The Labute approximate surface area is 120 Å². The van der Waals surface area contributed by atoms with Crippen LogP contribution in [-0.4, -0.2) is 13.1 Å². The molecule has 0 aliphatic heterocycles. The van der Waals surface area contributed by atoms with Gasteiger partial charge in [0.25, 0.3) is 0 Å². The molecule has 0 spiro atoms. The molecule has 0 unspecified atom stereocenters. The SMILES string of the molecule is CC(C)(C)C1CCC(CNCCC2=CCCC2)CC1. The van der Waals surface area contributed by atoms with Gasteiger partial charge in [-0.25, -0.2) is 0 Å². The summed E-state index contributed by atoms with van der Waals surface area (Å²) in [7, 11) is 0. The molecule has 0 aromatic rings. The topological polar surface area (TPSA) is 12.0 Å². The van der Waals surface area contributed by atoms with E-state index in [0.717, 1.165) is 11.8 Å². The Morgan fingerprint density at radius 2 is 1.89 bits per heavy atom. The highest BCUT2D eigenvalue weighted by Gasteiger charge is 2.29. The molecule has 1 heteroatoms. The van der Waals surface area contributed by atoms with Crippen LogP contribution in [0, 0.1) is 17.3 Å². The van der Waals surface area contributed by atoms with Crippen molar-refractivity contribution in [2.45, 2.75) is 72.1 Å². The Kier molecular flexibility index (Phi) is 5.50. The summed E-state index contributed by atoms with van der Waals surface area (Å²) in [6, 6.07) is 0. The molecule has 0 atom stereocenters. The largest absolute Gasteiger partial charge is 0.316 e. The maximum absolute atomic E-state index is 3.69. The third-order valence-electron chi connectivity index (χ3n) is 5.26. The van der Waals surface area contributed by atoms with Crippen molar-refractivity contribution in [3.05, 3.63) is 11.6 Å². The van der Waals surface area contributed by atoms with Crippen molar-refractivity contribution >= 4 is 0 Å². The van der Waals surface area contributed by atoms with Gasteiger partial charge in [0.2, 0.25) is 0 Å². The van der Waals surface area contributed by atoms with Gasteiger partial charge in [-0.3, -0.25) is 0 Å². The van der Waals surface area contributed by atoms with Crippen LogP contribution in [0.4, 0.5) is 0 Å². The van der Waals surface area contributed by atoms with Crippen molar-refractivity contribution < 1.29 is 0 Å². The summed E-state index contributed by atoms with van der Waals surface area (Å²) in [5, 5.41) is 3.69. The van der Waals surface area contributed by atoms with Crippen molar-refractivity contribution in [2.75, 3.05) is 13.1 Å². The van der Waals surface area contributed by atoms with E-state index in [4.69, 9.17) is 0 Å². The van der Waals surface area contributed by atoms with Crippen molar-refractivity contribution in [1.82, 2.24) is 5.32 Å². The second-order valence-electron chi connectivity index (χ2n) is 7.79. The van der Waals surface area contributed by atoms with Crippen LogP contribution >= 0.6 is 0 Å². The Bertz CT molecular complexity index is 289. The normalized spacial score (nSPS) is 28.5. The highest BCUT2D eigenvalue weighted by molar-refractivity contribution is 5.07. The highest BCUT2D eigenvalue weighted by atomic mass is 14.9. The summed E-state index contributed by atoms with van der Waals surface area (Å²) >= 11 is 0. The molecular weight excluding hydrogens is 230 g/mol. The standard InChI is InChI=1S/C18H33N/c1-18(2,3)17-10-8-16(9-11-17)14-19-13-12-15-6-4-5-7-15/h6,16-17,19H,4-5,7-14H2,1-3H3. The second kappa shape index (κ2) is 6.92. The van der Waals surface area contributed by atoms with Crippen LogP contribution in [-0.2, 0) is 0 Å². The van der Waals surface area contributed by atoms with Crippen LogP contribution < -0.4 is 5.32 Å². The first-order valence-corrected chi connectivity index (χ1v) is 8.44. The molecule has 0 aromatic carbocycles. The summed E-state index contributed by atoms with van der Waals surface area (Å²) in [6.45, 7) is 9.68. The summed E-state index contributed by atoms with van der Waals surface area (Å²) in [5.74, 6) is 1.89. The van der Waals surface area contributed by atoms with Gasteiger partial charge in [0.1, 0.15) is 0 Å². The van der Waals surface area contributed by atoms with Gasteiger partial charge in [-0.1, -0.05) is 32.4 Å². The first-order chi connectivity index (χ1) is 9.05.